The van der Waals surface area contributed by atoms with Crippen molar-refractivity contribution in [3.8, 4) is 17.2 Å². The molecule has 21 heavy (non-hydrogen) atoms. The fourth-order valence-corrected chi connectivity index (χ4v) is 3.07. The molecule has 5 heteroatoms. The molecule has 1 unspecified atom stereocenters. The minimum absolute atomic E-state index is 0.198. The molecule has 1 N–H and O–H groups in total. The Bertz CT molecular complexity index is 701. The minimum atomic E-state index is -0.530. The smallest absolute Gasteiger partial charge is 0.231 e. The average molecular weight is 349 g/mol. The van der Waals surface area contributed by atoms with Crippen LogP contribution in [0.4, 0.5) is 0 Å². The van der Waals surface area contributed by atoms with Crippen molar-refractivity contribution < 1.29 is 19.3 Å². The second-order valence-electron chi connectivity index (χ2n) is 5.15. The van der Waals surface area contributed by atoms with Crippen molar-refractivity contribution in [1.29, 1.82) is 0 Å². The van der Waals surface area contributed by atoms with Gasteiger partial charge in [0.1, 0.15) is 11.9 Å². The Morgan fingerprint density at radius 3 is 2.76 bits per heavy atom. The van der Waals surface area contributed by atoms with Gasteiger partial charge in [-0.2, -0.15) is 0 Å². The van der Waals surface area contributed by atoms with E-state index in [0.29, 0.717) is 12.2 Å². The Morgan fingerprint density at radius 1 is 1.00 bits per heavy atom. The normalized spacial score (nSPS) is 22.6. The van der Waals surface area contributed by atoms with Gasteiger partial charge in [-0.05, 0) is 29.8 Å². The first kappa shape index (κ1) is 13.0. The molecule has 0 saturated carbocycles. The maximum atomic E-state index is 10.3. The van der Waals surface area contributed by atoms with Gasteiger partial charge in [-0.15, -0.1) is 0 Å². The lowest BCUT2D eigenvalue weighted by molar-refractivity contribution is 0.0655. The summed E-state index contributed by atoms with van der Waals surface area (Å²) in [4.78, 5) is 0. The van der Waals surface area contributed by atoms with E-state index < -0.39 is 6.10 Å². The van der Waals surface area contributed by atoms with Crippen LogP contribution in [0.2, 0.25) is 0 Å². The van der Waals surface area contributed by atoms with Gasteiger partial charge in [0, 0.05) is 16.5 Å². The summed E-state index contributed by atoms with van der Waals surface area (Å²) in [5, 5.41) is 10.3. The zero-order valence-electron chi connectivity index (χ0n) is 11.1. The van der Waals surface area contributed by atoms with Gasteiger partial charge in [-0.3, -0.25) is 0 Å². The molecular weight excluding hydrogens is 336 g/mol. The van der Waals surface area contributed by atoms with Crippen molar-refractivity contribution in [3.05, 3.63) is 52.0 Å². The molecule has 2 aliphatic rings. The highest BCUT2D eigenvalue weighted by Crippen LogP contribution is 2.43. The number of hydrogen-bond acceptors (Lipinski definition) is 4. The second kappa shape index (κ2) is 4.93. The summed E-state index contributed by atoms with van der Waals surface area (Å²) in [5.41, 5.74) is 1.80. The van der Waals surface area contributed by atoms with Gasteiger partial charge >= 0.3 is 0 Å². The van der Waals surface area contributed by atoms with Crippen LogP contribution in [0.15, 0.2) is 40.9 Å². The van der Waals surface area contributed by atoms with Gasteiger partial charge in [0.15, 0.2) is 11.5 Å². The van der Waals surface area contributed by atoms with Crippen LogP contribution in [0.5, 0.6) is 17.2 Å². The number of rotatable bonds is 1. The number of benzene rings is 2. The van der Waals surface area contributed by atoms with Gasteiger partial charge in [0.05, 0.1) is 6.10 Å². The van der Waals surface area contributed by atoms with Gasteiger partial charge in [-0.1, -0.05) is 28.1 Å². The minimum Gasteiger partial charge on any atom is -0.485 e. The highest BCUT2D eigenvalue weighted by molar-refractivity contribution is 9.10. The lowest BCUT2D eigenvalue weighted by atomic mass is 9.95. The summed E-state index contributed by atoms with van der Waals surface area (Å²) < 4.78 is 17.7. The van der Waals surface area contributed by atoms with Crippen molar-refractivity contribution >= 4 is 15.9 Å². The van der Waals surface area contributed by atoms with Crippen LogP contribution in [-0.4, -0.2) is 11.9 Å². The first-order valence-electron chi connectivity index (χ1n) is 6.74. The fourth-order valence-electron chi connectivity index (χ4n) is 2.73. The lowest BCUT2D eigenvalue weighted by Crippen LogP contribution is -2.19. The van der Waals surface area contributed by atoms with Crippen molar-refractivity contribution in [3.63, 3.8) is 0 Å². The number of halogens is 1. The average Bonchev–Trinajstić information content (AvgIpc) is 2.94. The molecule has 108 valence electrons. The Hall–Kier alpha value is -1.72. The standard InChI is InChI=1S/C16H13BrO4/c17-10-2-3-11-12(18)7-14(21-15(11)6-10)9-1-4-13-16(5-9)20-8-19-13/h1-6,12,14,18H,7-8H2/t12-,14?/m0/s1. The predicted molar refractivity (Wildman–Crippen MR) is 79.7 cm³/mol. The monoisotopic (exact) mass is 348 g/mol. The second-order valence-corrected chi connectivity index (χ2v) is 6.07. The van der Waals surface area contributed by atoms with E-state index in [9.17, 15) is 5.11 Å². The summed E-state index contributed by atoms with van der Waals surface area (Å²) in [6.07, 6.45) is -0.206. The number of ether oxygens (including phenoxy) is 3. The lowest BCUT2D eigenvalue weighted by Gasteiger charge is -2.30. The summed E-state index contributed by atoms with van der Waals surface area (Å²) >= 11 is 3.43. The zero-order valence-corrected chi connectivity index (χ0v) is 12.7. The number of aliphatic hydroxyl groups is 1. The third-order valence-corrected chi connectivity index (χ3v) is 4.30. The zero-order chi connectivity index (χ0) is 14.4. The van der Waals surface area contributed by atoms with E-state index in [1.807, 2.05) is 36.4 Å². The van der Waals surface area contributed by atoms with E-state index >= 15 is 0 Å². The molecule has 0 bridgehead atoms. The van der Waals surface area contributed by atoms with Crippen molar-refractivity contribution in [2.75, 3.05) is 6.79 Å². The number of fused-ring (bicyclic) bond motifs is 2. The third-order valence-electron chi connectivity index (χ3n) is 3.81. The van der Waals surface area contributed by atoms with E-state index in [1.54, 1.807) is 0 Å². The van der Waals surface area contributed by atoms with Crippen molar-refractivity contribution in [2.24, 2.45) is 0 Å². The molecular formula is C16H13BrO4. The molecule has 0 spiro atoms. The summed E-state index contributed by atoms with van der Waals surface area (Å²) in [6.45, 7) is 0.253. The third kappa shape index (κ3) is 2.26. The summed E-state index contributed by atoms with van der Waals surface area (Å²) in [6, 6.07) is 11.4. The fraction of sp³-hybridized carbons (Fsp3) is 0.250. The van der Waals surface area contributed by atoms with Crippen molar-refractivity contribution in [2.45, 2.75) is 18.6 Å². The van der Waals surface area contributed by atoms with Gasteiger partial charge in [0.25, 0.3) is 0 Å². The van der Waals surface area contributed by atoms with E-state index in [-0.39, 0.29) is 12.9 Å². The molecule has 2 aromatic carbocycles. The van der Waals surface area contributed by atoms with E-state index in [1.165, 1.54) is 0 Å². The Balaban J connectivity index is 1.68. The SMILES string of the molecule is O[C@H]1CC(c2ccc3c(c2)OCO3)Oc2cc(Br)ccc21. The highest BCUT2D eigenvalue weighted by atomic mass is 79.9. The van der Waals surface area contributed by atoms with E-state index in [0.717, 1.165) is 27.1 Å². The molecule has 2 aliphatic heterocycles. The molecule has 4 nitrogen and oxygen atoms in total. The van der Waals surface area contributed by atoms with Gasteiger partial charge < -0.3 is 19.3 Å². The number of hydrogen-bond donors (Lipinski definition) is 1. The van der Waals surface area contributed by atoms with E-state index in [4.69, 9.17) is 14.2 Å². The molecule has 0 aromatic heterocycles. The Labute approximate surface area is 130 Å². The first-order valence-corrected chi connectivity index (χ1v) is 7.54. The topological polar surface area (TPSA) is 47.9 Å². The van der Waals surface area contributed by atoms with Crippen LogP contribution in [-0.2, 0) is 0 Å². The first-order chi connectivity index (χ1) is 10.2. The van der Waals surface area contributed by atoms with Crippen LogP contribution in [0.25, 0.3) is 0 Å². The molecule has 2 atom stereocenters. The van der Waals surface area contributed by atoms with Gasteiger partial charge in [0.2, 0.25) is 6.79 Å². The summed E-state index contributed by atoms with van der Waals surface area (Å²) in [5.74, 6) is 2.19. The number of aliphatic hydroxyl groups excluding tert-OH is 1. The summed E-state index contributed by atoms with van der Waals surface area (Å²) in [7, 11) is 0. The highest BCUT2D eigenvalue weighted by Gasteiger charge is 2.29. The van der Waals surface area contributed by atoms with Crippen molar-refractivity contribution in [1.82, 2.24) is 0 Å². The molecule has 0 saturated heterocycles. The Kier molecular flexibility index (Phi) is 3.05. The molecule has 4 rings (SSSR count). The van der Waals surface area contributed by atoms with Crippen LogP contribution < -0.4 is 14.2 Å². The largest absolute Gasteiger partial charge is 0.485 e. The van der Waals surface area contributed by atoms with Crippen LogP contribution in [0.3, 0.4) is 0 Å². The van der Waals surface area contributed by atoms with Crippen LogP contribution >= 0.6 is 15.9 Å². The maximum Gasteiger partial charge on any atom is 0.231 e. The quantitative estimate of drug-likeness (QED) is 0.852. The predicted octanol–water partition coefficient (Wildman–Crippen LogP) is 3.74. The molecule has 0 aliphatic carbocycles. The molecule has 2 aromatic rings. The maximum absolute atomic E-state index is 10.3. The van der Waals surface area contributed by atoms with E-state index in [2.05, 4.69) is 15.9 Å². The van der Waals surface area contributed by atoms with Crippen LogP contribution in [0, 0.1) is 0 Å². The molecule has 0 amide bonds. The Morgan fingerprint density at radius 2 is 1.86 bits per heavy atom. The molecule has 0 radical (unpaired) electrons. The van der Waals surface area contributed by atoms with Crippen LogP contribution in [0.1, 0.15) is 29.8 Å². The molecule has 2 heterocycles. The molecule has 0 fully saturated rings. The van der Waals surface area contributed by atoms with Gasteiger partial charge in [-0.25, -0.2) is 0 Å².